The zero-order chi connectivity index (χ0) is 23.7. The molecule has 4 aromatic rings. The number of carbonyl (C=O) groups is 1. The lowest BCUT2D eigenvalue weighted by atomic mass is 10.0. The summed E-state index contributed by atoms with van der Waals surface area (Å²) in [4.78, 5) is 20.8. The fourth-order valence-corrected chi connectivity index (χ4v) is 4.90. The van der Waals surface area contributed by atoms with E-state index in [0.29, 0.717) is 5.56 Å². The molecule has 0 spiro atoms. The number of carbonyl (C=O) groups excluding carboxylic acids is 1. The standard InChI is InChI=1S/C28H31N5O/c1-19-27(20(2)32(3)31-19)26-17-24(23-9-5-6-10-25(23)30-26)28(34)29-22-13-11-21(12-14-22)18-33-15-7-4-8-16-33/h5-6,9-14,17H,4,7-8,15-16,18H2,1-3H3,(H,29,34). The maximum absolute atomic E-state index is 13.4. The number of hydrogen-bond donors (Lipinski definition) is 1. The first-order valence-electron chi connectivity index (χ1n) is 12.0. The topological polar surface area (TPSA) is 63.1 Å². The molecule has 1 aliphatic heterocycles. The third-order valence-corrected chi connectivity index (χ3v) is 6.79. The molecule has 2 aromatic carbocycles. The van der Waals surface area contributed by atoms with Gasteiger partial charge in [-0.3, -0.25) is 14.4 Å². The highest BCUT2D eigenvalue weighted by Crippen LogP contribution is 2.29. The summed E-state index contributed by atoms with van der Waals surface area (Å²) in [5.74, 6) is -0.136. The van der Waals surface area contributed by atoms with Crippen molar-refractivity contribution in [1.29, 1.82) is 0 Å². The number of aromatic nitrogens is 3. The molecule has 0 bridgehead atoms. The Kier molecular flexibility index (Phi) is 6.16. The van der Waals surface area contributed by atoms with Gasteiger partial charge >= 0.3 is 0 Å². The number of likely N-dealkylation sites (tertiary alicyclic amines) is 1. The first kappa shape index (κ1) is 22.3. The molecule has 1 N–H and O–H groups in total. The number of fused-ring (bicyclic) bond motifs is 1. The van der Waals surface area contributed by atoms with Gasteiger partial charge < -0.3 is 5.32 Å². The molecule has 2 aromatic heterocycles. The Morgan fingerprint density at radius 2 is 1.74 bits per heavy atom. The van der Waals surface area contributed by atoms with E-state index in [0.717, 1.165) is 45.8 Å². The number of amides is 1. The molecule has 34 heavy (non-hydrogen) atoms. The smallest absolute Gasteiger partial charge is 0.256 e. The zero-order valence-corrected chi connectivity index (χ0v) is 20.1. The van der Waals surface area contributed by atoms with Gasteiger partial charge in [0, 0.05) is 35.9 Å². The molecule has 3 heterocycles. The van der Waals surface area contributed by atoms with Gasteiger partial charge in [0.15, 0.2) is 0 Å². The van der Waals surface area contributed by atoms with Crippen LogP contribution in [0.2, 0.25) is 0 Å². The molecule has 6 heteroatoms. The van der Waals surface area contributed by atoms with Crippen molar-refractivity contribution in [3.8, 4) is 11.3 Å². The van der Waals surface area contributed by atoms with E-state index in [9.17, 15) is 4.79 Å². The van der Waals surface area contributed by atoms with Crippen LogP contribution in [-0.4, -0.2) is 38.7 Å². The summed E-state index contributed by atoms with van der Waals surface area (Å²) in [5.41, 5.74) is 7.15. The number of aryl methyl sites for hydroxylation is 2. The van der Waals surface area contributed by atoms with Gasteiger partial charge in [-0.25, -0.2) is 4.98 Å². The number of nitrogens with one attached hydrogen (secondary N) is 1. The van der Waals surface area contributed by atoms with Gasteiger partial charge in [-0.05, 0) is 69.6 Å². The number of nitrogens with zero attached hydrogens (tertiary/aromatic N) is 4. The van der Waals surface area contributed by atoms with Crippen LogP contribution in [0, 0.1) is 13.8 Å². The molecule has 6 nitrogen and oxygen atoms in total. The van der Waals surface area contributed by atoms with Crippen LogP contribution < -0.4 is 5.32 Å². The van der Waals surface area contributed by atoms with Gasteiger partial charge in [-0.2, -0.15) is 5.10 Å². The molecule has 0 unspecified atom stereocenters. The first-order valence-corrected chi connectivity index (χ1v) is 12.0. The molecule has 0 saturated carbocycles. The van der Waals surface area contributed by atoms with E-state index in [1.807, 2.05) is 68.0 Å². The van der Waals surface area contributed by atoms with Crippen molar-refractivity contribution in [2.45, 2.75) is 39.7 Å². The van der Waals surface area contributed by atoms with E-state index in [2.05, 4.69) is 27.4 Å². The van der Waals surface area contributed by atoms with Crippen LogP contribution in [0.25, 0.3) is 22.2 Å². The highest BCUT2D eigenvalue weighted by Gasteiger charge is 2.19. The minimum atomic E-state index is -0.136. The van der Waals surface area contributed by atoms with E-state index in [-0.39, 0.29) is 5.91 Å². The van der Waals surface area contributed by atoms with Crippen LogP contribution in [0.1, 0.15) is 46.6 Å². The molecular weight excluding hydrogens is 422 g/mol. The summed E-state index contributed by atoms with van der Waals surface area (Å²) < 4.78 is 1.85. The number of anilines is 1. The van der Waals surface area contributed by atoms with Crippen molar-refractivity contribution >= 4 is 22.5 Å². The van der Waals surface area contributed by atoms with Crippen molar-refractivity contribution in [1.82, 2.24) is 19.7 Å². The molecule has 1 saturated heterocycles. The van der Waals surface area contributed by atoms with Crippen molar-refractivity contribution in [3.63, 3.8) is 0 Å². The van der Waals surface area contributed by atoms with Gasteiger partial charge in [0.25, 0.3) is 5.91 Å². The molecule has 174 valence electrons. The predicted molar refractivity (Wildman–Crippen MR) is 137 cm³/mol. The largest absolute Gasteiger partial charge is 0.322 e. The molecule has 1 amide bonds. The molecule has 1 fully saturated rings. The highest BCUT2D eigenvalue weighted by atomic mass is 16.1. The van der Waals surface area contributed by atoms with E-state index < -0.39 is 0 Å². The summed E-state index contributed by atoms with van der Waals surface area (Å²) in [5, 5.41) is 8.46. The van der Waals surface area contributed by atoms with Crippen LogP contribution in [0.5, 0.6) is 0 Å². The number of hydrogen-bond acceptors (Lipinski definition) is 4. The predicted octanol–water partition coefficient (Wildman–Crippen LogP) is 5.49. The molecule has 0 radical (unpaired) electrons. The lowest BCUT2D eigenvalue weighted by Gasteiger charge is -2.26. The Morgan fingerprint density at radius 1 is 1.00 bits per heavy atom. The summed E-state index contributed by atoms with van der Waals surface area (Å²) in [6, 6.07) is 17.9. The second-order valence-electron chi connectivity index (χ2n) is 9.23. The van der Waals surface area contributed by atoms with Crippen molar-refractivity contribution in [3.05, 3.63) is 77.1 Å². The fraction of sp³-hybridized carbons (Fsp3) is 0.321. The summed E-state index contributed by atoms with van der Waals surface area (Å²) in [7, 11) is 1.93. The molecule has 0 atom stereocenters. The maximum Gasteiger partial charge on any atom is 0.256 e. The maximum atomic E-state index is 13.4. The number of rotatable bonds is 5. The number of benzene rings is 2. The van der Waals surface area contributed by atoms with E-state index in [1.54, 1.807) is 0 Å². The SMILES string of the molecule is Cc1nn(C)c(C)c1-c1cc(C(=O)Nc2ccc(CN3CCCCC3)cc2)c2ccccc2n1. The summed E-state index contributed by atoms with van der Waals surface area (Å²) >= 11 is 0. The van der Waals surface area contributed by atoms with Crippen molar-refractivity contribution in [2.75, 3.05) is 18.4 Å². The average Bonchev–Trinajstić information content (AvgIpc) is 3.11. The number of piperidine rings is 1. The van der Waals surface area contributed by atoms with Gasteiger partial charge in [0.1, 0.15) is 0 Å². The Hall–Kier alpha value is -3.51. The third-order valence-electron chi connectivity index (χ3n) is 6.79. The lowest BCUT2D eigenvalue weighted by molar-refractivity contribution is 0.102. The Bertz CT molecular complexity index is 1330. The van der Waals surface area contributed by atoms with Crippen LogP contribution in [0.3, 0.4) is 0 Å². The quantitative estimate of drug-likeness (QED) is 0.434. The molecule has 1 aliphatic rings. The molecule has 5 rings (SSSR count). The van der Waals surface area contributed by atoms with E-state index in [1.165, 1.54) is 37.9 Å². The van der Waals surface area contributed by atoms with E-state index >= 15 is 0 Å². The van der Waals surface area contributed by atoms with Gasteiger partial charge in [0.2, 0.25) is 0 Å². The Labute approximate surface area is 200 Å². The molecular formula is C28H31N5O. The normalized spacial score (nSPS) is 14.4. The Balaban J connectivity index is 1.42. The monoisotopic (exact) mass is 453 g/mol. The van der Waals surface area contributed by atoms with Crippen LogP contribution in [0.15, 0.2) is 54.6 Å². The van der Waals surface area contributed by atoms with Crippen molar-refractivity contribution < 1.29 is 4.79 Å². The molecule has 0 aliphatic carbocycles. The zero-order valence-electron chi connectivity index (χ0n) is 20.1. The van der Waals surface area contributed by atoms with Crippen molar-refractivity contribution in [2.24, 2.45) is 7.05 Å². The average molecular weight is 454 g/mol. The first-order chi connectivity index (χ1) is 16.5. The van der Waals surface area contributed by atoms with Crippen LogP contribution >= 0.6 is 0 Å². The van der Waals surface area contributed by atoms with Gasteiger partial charge in [-0.1, -0.05) is 36.8 Å². The van der Waals surface area contributed by atoms with Gasteiger partial charge in [0.05, 0.1) is 22.5 Å². The van der Waals surface area contributed by atoms with Crippen LogP contribution in [-0.2, 0) is 13.6 Å². The number of para-hydroxylation sites is 1. The summed E-state index contributed by atoms with van der Waals surface area (Å²) in [6.45, 7) is 7.32. The third kappa shape index (κ3) is 4.46. The lowest BCUT2D eigenvalue weighted by Crippen LogP contribution is -2.29. The fourth-order valence-electron chi connectivity index (χ4n) is 4.90. The van der Waals surface area contributed by atoms with E-state index in [4.69, 9.17) is 4.98 Å². The van der Waals surface area contributed by atoms with Gasteiger partial charge in [-0.15, -0.1) is 0 Å². The minimum absolute atomic E-state index is 0.136. The summed E-state index contributed by atoms with van der Waals surface area (Å²) in [6.07, 6.45) is 3.91. The second kappa shape index (κ2) is 9.39. The highest BCUT2D eigenvalue weighted by molar-refractivity contribution is 6.13. The number of pyridine rings is 1. The van der Waals surface area contributed by atoms with Crippen LogP contribution in [0.4, 0.5) is 5.69 Å². The Morgan fingerprint density at radius 3 is 2.44 bits per heavy atom. The minimum Gasteiger partial charge on any atom is -0.322 e. The second-order valence-corrected chi connectivity index (χ2v) is 9.23.